The van der Waals surface area contributed by atoms with Gasteiger partial charge in [0.25, 0.3) is 0 Å². The minimum atomic E-state index is -2.46. The molecule has 1 aliphatic carbocycles. The van der Waals surface area contributed by atoms with E-state index < -0.39 is 13.2 Å². The molecule has 3 heteroatoms. The van der Waals surface area contributed by atoms with Crippen molar-refractivity contribution in [2.75, 3.05) is 0 Å². The molecule has 130 valence electrons. The summed E-state index contributed by atoms with van der Waals surface area (Å²) in [6.07, 6.45) is 4.81. The molecular weight excluding hydrogens is 320 g/mol. The van der Waals surface area contributed by atoms with Gasteiger partial charge in [-0.3, -0.25) is 4.98 Å². The van der Waals surface area contributed by atoms with Crippen LogP contribution in [-0.2, 0) is 6.37 Å². The maximum atomic E-state index is 8.71. The van der Waals surface area contributed by atoms with Crippen LogP contribution < -0.4 is 0 Å². The average Bonchev–Trinajstić information content (AvgIpc) is 3.41. The lowest BCUT2D eigenvalue weighted by atomic mass is 9.95. The minimum Gasteiger partial charge on any atom is -0.437 e. The van der Waals surface area contributed by atoms with Gasteiger partial charge in [0.1, 0.15) is 5.58 Å². The second-order valence-electron chi connectivity index (χ2n) is 6.88. The van der Waals surface area contributed by atoms with E-state index in [-0.39, 0.29) is 17.0 Å². The molecule has 26 heavy (non-hydrogen) atoms. The Morgan fingerprint density at radius 3 is 2.92 bits per heavy atom. The fourth-order valence-corrected chi connectivity index (χ4v) is 3.84. The Balaban J connectivity index is 1.69. The first-order valence-corrected chi connectivity index (χ1v) is 9.04. The van der Waals surface area contributed by atoms with Gasteiger partial charge in [0.05, 0.1) is 5.69 Å². The lowest BCUT2D eigenvalue weighted by Gasteiger charge is -2.12. The highest BCUT2D eigenvalue weighted by atomic mass is 16.3. The standard InChI is InChI=1S/C23H22N2O/c1-15-12-21(25-14-17(15)13-16-6-2-3-7-16)20-9-4-8-18-19-10-5-11-24-23(19)26-22(18)20/h4-5,8-12,14,16H,2-3,6-7,13H2,1H3/i1D3,13D2. The number of fused-ring (bicyclic) bond motifs is 3. The van der Waals surface area contributed by atoms with Crippen molar-refractivity contribution in [3.8, 4) is 11.3 Å². The first-order valence-electron chi connectivity index (χ1n) is 11.5. The van der Waals surface area contributed by atoms with Crippen LogP contribution >= 0.6 is 0 Å². The van der Waals surface area contributed by atoms with Crippen molar-refractivity contribution in [1.82, 2.24) is 9.97 Å². The van der Waals surface area contributed by atoms with Crippen LogP contribution in [0.1, 0.15) is 43.7 Å². The number of furan rings is 1. The van der Waals surface area contributed by atoms with Gasteiger partial charge < -0.3 is 4.42 Å². The molecule has 1 fully saturated rings. The normalized spacial score (nSPS) is 19.2. The number of hydrogen-bond donors (Lipinski definition) is 0. The molecule has 3 nitrogen and oxygen atoms in total. The Hall–Kier alpha value is -2.68. The van der Waals surface area contributed by atoms with E-state index in [4.69, 9.17) is 11.3 Å². The molecule has 0 atom stereocenters. The quantitative estimate of drug-likeness (QED) is 0.450. The molecular formula is C23H22N2O. The van der Waals surface area contributed by atoms with E-state index in [1.165, 1.54) is 12.3 Å². The Kier molecular flexibility index (Phi) is 2.67. The van der Waals surface area contributed by atoms with Crippen LogP contribution in [-0.4, -0.2) is 9.97 Å². The number of rotatable bonds is 3. The number of aromatic nitrogens is 2. The van der Waals surface area contributed by atoms with Gasteiger partial charge in [0, 0.05) is 35.6 Å². The second-order valence-corrected chi connectivity index (χ2v) is 6.88. The largest absolute Gasteiger partial charge is 0.437 e. The molecule has 0 bridgehead atoms. The average molecular weight is 347 g/mol. The highest BCUT2D eigenvalue weighted by molar-refractivity contribution is 6.08. The van der Waals surface area contributed by atoms with Crippen LogP contribution in [0.15, 0.2) is 53.2 Å². The summed E-state index contributed by atoms with van der Waals surface area (Å²) >= 11 is 0. The summed E-state index contributed by atoms with van der Waals surface area (Å²) in [7, 11) is 0. The van der Waals surface area contributed by atoms with Crippen molar-refractivity contribution < 1.29 is 11.3 Å². The molecule has 1 aromatic carbocycles. The molecule has 3 aromatic heterocycles. The summed E-state index contributed by atoms with van der Waals surface area (Å²) in [6.45, 7) is -2.46. The molecule has 0 unspecified atom stereocenters. The summed E-state index contributed by atoms with van der Waals surface area (Å²) in [6, 6.07) is 10.9. The van der Waals surface area contributed by atoms with Gasteiger partial charge >= 0.3 is 0 Å². The fourth-order valence-electron chi connectivity index (χ4n) is 3.84. The molecule has 1 saturated carbocycles. The number of nitrogens with zero attached hydrogens (tertiary/aromatic N) is 2. The van der Waals surface area contributed by atoms with Crippen molar-refractivity contribution in [2.45, 2.75) is 38.9 Å². The summed E-state index contributed by atoms with van der Waals surface area (Å²) in [5.41, 5.74) is 2.39. The summed E-state index contributed by atoms with van der Waals surface area (Å²) in [5.74, 6) is -0.189. The van der Waals surface area contributed by atoms with Gasteiger partial charge in [0.2, 0.25) is 5.71 Å². The SMILES string of the molecule is [2H]C([2H])([2H])c1cc(-c2cccc3c2oc2ncccc23)ncc1C([2H])([2H])C1CCCC1. The summed E-state index contributed by atoms with van der Waals surface area (Å²) in [5, 5.41) is 1.76. The zero-order valence-electron chi connectivity index (χ0n) is 19.3. The number of pyridine rings is 2. The van der Waals surface area contributed by atoms with Crippen molar-refractivity contribution >= 4 is 22.1 Å². The van der Waals surface area contributed by atoms with Crippen LogP contribution in [0.4, 0.5) is 0 Å². The third-order valence-corrected chi connectivity index (χ3v) is 5.17. The maximum absolute atomic E-state index is 8.71. The molecule has 3 heterocycles. The molecule has 0 spiro atoms. The molecule has 0 saturated heterocycles. The lowest BCUT2D eigenvalue weighted by Crippen LogP contribution is -2.02. The van der Waals surface area contributed by atoms with E-state index in [0.717, 1.165) is 36.5 Å². The zero-order valence-corrected chi connectivity index (χ0v) is 14.3. The Morgan fingerprint density at radius 2 is 2.04 bits per heavy atom. The molecule has 5 rings (SSSR count). The predicted molar refractivity (Wildman–Crippen MR) is 105 cm³/mol. The van der Waals surface area contributed by atoms with Gasteiger partial charge in [-0.1, -0.05) is 37.8 Å². The maximum Gasteiger partial charge on any atom is 0.227 e. The highest BCUT2D eigenvalue weighted by Gasteiger charge is 2.18. The van der Waals surface area contributed by atoms with Gasteiger partial charge in [-0.2, -0.15) is 0 Å². The van der Waals surface area contributed by atoms with Crippen LogP contribution in [0, 0.1) is 12.8 Å². The van der Waals surface area contributed by atoms with E-state index in [9.17, 15) is 0 Å². The van der Waals surface area contributed by atoms with Crippen LogP contribution in [0.2, 0.25) is 0 Å². The van der Waals surface area contributed by atoms with Crippen LogP contribution in [0.25, 0.3) is 33.3 Å². The van der Waals surface area contributed by atoms with Crippen molar-refractivity contribution in [3.63, 3.8) is 0 Å². The fraction of sp³-hybridized carbons (Fsp3) is 0.304. The minimum absolute atomic E-state index is 0.0145. The predicted octanol–water partition coefficient (Wildman–Crippen LogP) is 6.08. The van der Waals surface area contributed by atoms with E-state index in [2.05, 4.69) is 9.97 Å². The molecule has 1 aliphatic rings. The zero-order chi connectivity index (χ0) is 21.8. The van der Waals surface area contributed by atoms with Crippen molar-refractivity contribution in [3.05, 3.63) is 59.9 Å². The number of hydrogen-bond acceptors (Lipinski definition) is 3. The van der Waals surface area contributed by atoms with E-state index in [0.29, 0.717) is 22.6 Å². The summed E-state index contributed by atoms with van der Waals surface area (Å²) < 4.78 is 47.6. The smallest absolute Gasteiger partial charge is 0.227 e. The van der Waals surface area contributed by atoms with Gasteiger partial charge in [0.15, 0.2) is 0 Å². The van der Waals surface area contributed by atoms with Crippen LogP contribution in [0.3, 0.4) is 0 Å². The molecule has 0 radical (unpaired) electrons. The number of para-hydroxylation sites is 1. The second kappa shape index (κ2) is 6.24. The Labute approximate surface area is 160 Å². The molecule has 4 aromatic rings. The van der Waals surface area contributed by atoms with Gasteiger partial charge in [-0.15, -0.1) is 0 Å². The summed E-state index contributed by atoms with van der Waals surface area (Å²) in [4.78, 5) is 8.78. The third-order valence-electron chi connectivity index (χ3n) is 5.17. The monoisotopic (exact) mass is 347 g/mol. The van der Waals surface area contributed by atoms with Gasteiger partial charge in [-0.25, -0.2) is 4.98 Å². The van der Waals surface area contributed by atoms with Crippen molar-refractivity contribution in [2.24, 2.45) is 5.92 Å². The highest BCUT2D eigenvalue weighted by Crippen LogP contribution is 2.35. The van der Waals surface area contributed by atoms with Gasteiger partial charge in [-0.05, 0) is 54.5 Å². The van der Waals surface area contributed by atoms with Crippen molar-refractivity contribution in [1.29, 1.82) is 0 Å². The van der Waals surface area contributed by atoms with Crippen LogP contribution in [0.5, 0.6) is 0 Å². The van der Waals surface area contributed by atoms with E-state index >= 15 is 0 Å². The molecule has 0 N–H and O–H groups in total. The first kappa shape index (κ1) is 11.1. The number of aryl methyl sites for hydroxylation is 1. The van der Waals surface area contributed by atoms with E-state index in [1.54, 1.807) is 6.20 Å². The third kappa shape index (κ3) is 2.59. The lowest BCUT2D eigenvalue weighted by molar-refractivity contribution is 0.544. The molecule has 0 aliphatic heterocycles. The first-order chi connectivity index (χ1) is 14.8. The molecule has 0 amide bonds. The Bertz CT molecular complexity index is 1270. The topological polar surface area (TPSA) is 38.9 Å². The Morgan fingerprint density at radius 1 is 1.15 bits per heavy atom. The number of benzene rings is 1. The van der Waals surface area contributed by atoms with E-state index in [1.807, 2.05) is 30.3 Å².